The zero-order valence-electron chi connectivity index (χ0n) is 11.5. The summed E-state index contributed by atoms with van der Waals surface area (Å²) in [7, 11) is 0. The molecule has 0 bridgehead atoms. The van der Waals surface area contributed by atoms with Crippen molar-refractivity contribution in [2.45, 2.75) is 13.0 Å². The van der Waals surface area contributed by atoms with Crippen LogP contribution in [-0.4, -0.2) is 46.3 Å². The average molecular weight is 291 g/mol. The number of hydrogen-bond donors (Lipinski definition) is 2. The lowest BCUT2D eigenvalue weighted by atomic mass is 10.3. The third kappa shape index (κ3) is 4.57. The highest BCUT2D eigenvalue weighted by Crippen LogP contribution is 2.11. The molecule has 1 aromatic heterocycles. The van der Waals surface area contributed by atoms with Crippen LogP contribution in [0.15, 0.2) is 30.6 Å². The van der Waals surface area contributed by atoms with Gasteiger partial charge in [-0.3, -0.25) is 4.79 Å². The number of aromatic nitrogens is 2. The molecule has 1 amide bonds. The van der Waals surface area contributed by atoms with Gasteiger partial charge in [0.25, 0.3) is 0 Å². The van der Waals surface area contributed by atoms with Gasteiger partial charge in [0.2, 0.25) is 5.91 Å². The van der Waals surface area contributed by atoms with Crippen molar-refractivity contribution < 1.29 is 19.4 Å². The lowest BCUT2D eigenvalue weighted by Gasteiger charge is -2.06. The van der Waals surface area contributed by atoms with Crippen molar-refractivity contribution in [2.75, 3.05) is 19.8 Å². The van der Waals surface area contributed by atoms with Crippen LogP contribution >= 0.6 is 0 Å². The van der Waals surface area contributed by atoms with Crippen molar-refractivity contribution >= 4 is 22.9 Å². The molecule has 2 aromatic rings. The molecule has 0 radical (unpaired) electrons. The maximum Gasteiger partial charge on any atom is 0.329 e. The zero-order valence-corrected chi connectivity index (χ0v) is 11.5. The van der Waals surface area contributed by atoms with Gasteiger partial charge in [-0.25, -0.2) is 9.78 Å². The number of carboxylic acid groups (broad SMARTS) is 1. The summed E-state index contributed by atoms with van der Waals surface area (Å²) >= 11 is 0. The van der Waals surface area contributed by atoms with Gasteiger partial charge in [0, 0.05) is 19.5 Å². The molecule has 1 aromatic carbocycles. The predicted octanol–water partition coefficient (Wildman–Crippen LogP) is 0.644. The first-order valence-corrected chi connectivity index (χ1v) is 6.63. The first kappa shape index (κ1) is 15.0. The van der Waals surface area contributed by atoms with Gasteiger partial charge in [-0.2, -0.15) is 0 Å². The van der Waals surface area contributed by atoms with Crippen LogP contribution in [0.1, 0.15) is 6.42 Å². The Kier molecular flexibility index (Phi) is 5.28. The van der Waals surface area contributed by atoms with Gasteiger partial charge in [0.15, 0.2) is 0 Å². The summed E-state index contributed by atoms with van der Waals surface area (Å²) in [6.07, 6.45) is 2.05. The summed E-state index contributed by atoms with van der Waals surface area (Å²) in [5.74, 6) is -1.12. The minimum atomic E-state index is -1.02. The standard InChI is InChI=1S/C14H17N3O4/c18-13(15-6-8-21-9-14(19)20)5-7-17-10-16-11-3-1-2-4-12(11)17/h1-4,10H,5-9H2,(H,15,18)(H,19,20). The Morgan fingerprint density at radius 2 is 2.14 bits per heavy atom. The van der Waals surface area contributed by atoms with Gasteiger partial charge in [0.05, 0.1) is 24.0 Å². The number of nitrogens with zero attached hydrogens (tertiary/aromatic N) is 2. The number of imidazole rings is 1. The molecule has 0 aliphatic carbocycles. The van der Waals surface area contributed by atoms with E-state index in [9.17, 15) is 9.59 Å². The molecule has 112 valence electrons. The first-order chi connectivity index (χ1) is 10.2. The Bertz CT molecular complexity index is 623. The molecule has 7 heteroatoms. The summed E-state index contributed by atoms with van der Waals surface area (Å²) in [4.78, 5) is 26.1. The molecule has 7 nitrogen and oxygen atoms in total. The highest BCUT2D eigenvalue weighted by Gasteiger charge is 2.05. The van der Waals surface area contributed by atoms with E-state index in [2.05, 4.69) is 10.3 Å². The highest BCUT2D eigenvalue weighted by atomic mass is 16.5. The van der Waals surface area contributed by atoms with Gasteiger partial charge >= 0.3 is 5.97 Å². The van der Waals surface area contributed by atoms with Crippen molar-refractivity contribution in [2.24, 2.45) is 0 Å². The fraction of sp³-hybridized carbons (Fsp3) is 0.357. The Hall–Kier alpha value is -2.41. The molecule has 21 heavy (non-hydrogen) atoms. The van der Waals surface area contributed by atoms with E-state index >= 15 is 0 Å². The van der Waals surface area contributed by atoms with Crippen molar-refractivity contribution in [3.63, 3.8) is 0 Å². The second kappa shape index (κ2) is 7.39. The summed E-state index contributed by atoms with van der Waals surface area (Å²) in [5, 5.41) is 11.1. The molecular weight excluding hydrogens is 274 g/mol. The zero-order chi connectivity index (χ0) is 15.1. The van der Waals surface area contributed by atoms with E-state index in [-0.39, 0.29) is 19.1 Å². The molecular formula is C14H17N3O4. The minimum absolute atomic E-state index is 0.105. The highest BCUT2D eigenvalue weighted by molar-refractivity contribution is 5.77. The number of aliphatic carboxylic acids is 1. The maximum atomic E-state index is 11.7. The lowest BCUT2D eigenvalue weighted by Crippen LogP contribution is -2.28. The molecule has 0 saturated heterocycles. The molecule has 1 heterocycles. The molecule has 0 aliphatic rings. The summed E-state index contributed by atoms with van der Waals surface area (Å²) in [5.41, 5.74) is 1.90. The van der Waals surface area contributed by atoms with Gasteiger partial charge in [-0.05, 0) is 12.1 Å². The van der Waals surface area contributed by atoms with E-state index in [1.165, 1.54) is 0 Å². The number of benzene rings is 1. The predicted molar refractivity (Wildman–Crippen MR) is 75.8 cm³/mol. The molecule has 0 saturated carbocycles. The van der Waals surface area contributed by atoms with E-state index in [0.29, 0.717) is 19.5 Å². The van der Waals surface area contributed by atoms with E-state index in [1.807, 2.05) is 28.8 Å². The van der Waals surface area contributed by atoms with Crippen LogP contribution in [0.5, 0.6) is 0 Å². The Balaban J connectivity index is 1.70. The van der Waals surface area contributed by atoms with Gasteiger partial charge in [-0.1, -0.05) is 12.1 Å². The number of aryl methyl sites for hydroxylation is 1. The van der Waals surface area contributed by atoms with Crippen molar-refractivity contribution in [1.29, 1.82) is 0 Å². The number of amides is 1. The van der Waals surface area contributed by atoms with E-state index in [1.54, 1.807) is 6.33 Å². The first-order valence-electron chi connectivity index (χ1n) is 6.63. The van der Waals surface area contributed by atoms with Crippen LogP contribution in [0, 0.1) is 0 Å². The van der Waals surface area contributed by atoms with Crippen molar-refractivity contribution in [3.05, 3.63) is 30.6 Å². The molecule has 0 spiro atoms. The van der Waals surface area contributed by atoms with Crippen LogP contribution in [0.3, 0.4) is 0 Å². The van der Waals surface area contributed by atoms with Gasteiger partial charge < -0.3 is 19.7 Å². The monoisotopic (exact) mass is 291 g/mol. The van der Waals surface area contributed by atoms with Crippen LogP contribution in [0.4, 0.5) is 0 Å². The smallest absolute Gasteiger partial charge is 0.329 e. The molecule has 0 aliphatic heterocycles. The summed E-state index contributed by atoms with van der Waals surface area (Å²) < 4.78 is 6.75. The maximum absolute atomic E-state index is 11.7. The number of ether oxygens (including phenoxy) is 1. The number of rotatable bonds is 8. The SMILES string of the molecule is O=C(O)COCCNC(=O)CCn1cnc2ccccc21. The number of fused-ring (bicyclic) bond motifs is 1. The average Bonchev–Trinajstić information content (AvgIpc) is 2.87. The number of hydrogen-bond acceptors (Lipinski definition) is 4. The summed E-state index contributed by atoms with van der Waals surface area (Å²) in [6, 6.07) is 7.73. The topological polar surface area (TPSA) is 93.5 Å². The number of carbonyl (C=O) groups is 2. The quantitative estimate of drug-likeness (QED) is 0.696. The number of carboxylic acids is 1. The van der Waals surface area contributed by atoms with E-state index < -0.39 is 5.97 Å². The van der Waals surface area contributed by atoms with Crippen LogP contribution in [0.2, 0.25) is 0 Å². The third-order valence-corrected chi connectivity index (χ3v) is 2.90. The van der Waals surface area contributed by atoms with Crippen LogP contribution in [-0.2, 0) is 20.9 Å². The third-order valence-electron chi connectivity index (χ3n) is 2.90. The van der Waals surface area contributed by atoms with Crippen molar-refractivity contribution in [3.8, 4) is 0 Å². The molecule has 2 N–H and O–H groups in total. The Morgan fingerprint density at radius 3 is 2.95 bits per heavy atom. The minimum Gasteiger partial charge on any atom is -0.480 e. The van der Waals surface area contributed by atoms with Gasteiger partial charge in [0.1, 0.15) is 6.61 Å². The van der Waals surface area contributed by atoms with Gasteiger partial charge in [-0.15, -0.1) is 0 Å². The molecule has 0 unspecified atom stereocenters. The number of carbonyl (C=O) groups excluding carboxylic acids is 1. The molecule has 2 rings (SSSR count). The number of para-hydroxylation sites is 2. The van der Waals surface area contributed by atoms with Crippen LogP contribution in [0.25, 0.3) is 11.0 Å². The van der Waals surface area contributed by atoms with E-state index in [4.69, 9.17) is 9.84 Å². The second-order valence-corrected chi connectivity index (χ2v) is 4.47. The lowest BCUT2D eigenvalue weighted by molar-refractivity contribution is -0.142. The van der Waals surface area contributed by atoms with Crippen LogP contribution < -0.4 is 5.32 Å². The van der Waals surface area contributed by atoms with Crippen molar-refractivity contribution in [1.82, 2.24) is 14.9 Å². The Labute approximate surface area is 121 Å². The fourth-order valence-electron chi connectivity index (χ4n) is 1.92. The molecule has 0 fully saturated rings. The normalized spacial score (nSPS) is 10.7. The molecule has 0 atom stereocenters. The fourth-order valence-corrected chi connectivity index (χ4v) is 1.92. The number of nitrogens with one attached hydrogen (secondary N) is 1. The Morgan fingerprint density at radius 1 is 1.33 bits per heavy atom. The summed E-state index contributed by atoms with van der Waals surface area (Å²) in [6.45, 7) is 0.683. The second-order valence-electron chi connectivity index (χ2n) is 4.47. The van der Waals surface area contributed by atoms with E-state index in [0.717, 1.165) is 11.0 Å². The largest absolute Gasteiger partial charge is 0.480 e.